The number of thiazole rings is 2. The highest BCUT2D eigenvalue weighted by atomic mass is 32.1. The highest BCUT2D eigenvalue weighted by molar-refractivity contribution is 7.23. The minimum Gasteiger partial charge on any atom is -0.497 e. The van der Waals surface area contributed by atoms with Crippen LogP contribution >= 0.6 is 22.7 Å². The molecule has 0 aliphatic heterocycles. The van der Waals surface area contributed by atoms with Crippen LogP contribution in [0.3, 0.4) is 0 Å². The fraction of sp³-hybridized carbons (Fsp3) is 0.136. The van der Waals surface area contributed by atoms with Gasteiger partial charge in [-0.2, -0.15) is 0 Å². The maximum atomic E-state index is 5.26. The van der Waals surface area contributed by atoms with Crippen LogP contribution in [0.1, 0.15) is 11.1 Å². The Morgan fingerprint density at radius 3 is 1.71 bits per heavy atom. The molecule has 0 amide bonds. The predicted molar refractivity (Wildman–Crippen MR) is 117 cm³/mol. The van der Waals surface area contributed by atoms with Crippen molar-refractivity contribution in [3.8, 4) is 26.9 Å². The van der Waals surface area contributed by atoms with Crippen LogP contribution in [-0.4, -0.2) is 22.1 Å². The van der Waals surface area contributed by atoms with Crippen LogP contribution in [0.25, 0.3) is 41.6 Å². The molecule has 4 nitrogen and oxygen atoms in total. The lowest BCUT2D eigenvalue weighted by Crippen LogP contribution is -1.84. The number of rotatable bonds is 3. The molecule has 3 aromatic heterocycles. The summed E-state index contributed by atoms with van der Waals surface area (Å²) in [7, 11) is 1.68. The van der Waals surface area contributed by atoms with Gasteiger partial charge in [-0.25, -0.2) is 9.97 Å². The maximum Gasteiger partial charge on any atom is 0.124 e. The molecule has 0 radical (unpaired) electrons. The summed E-state index contributed by atoms with van der Waals surface area (Å²) in [5.41, 5.74) is 6.76. The molecule has 2 aromatic carbocycles. The zero-order valence-corrected chi connectivity index (χ0v) is 17.3. The molecule has 5 rings (SSSR count). The van der Waals surface area contributed by atoms with Gasteiger partial charge in [0.15, 0.2) is 0 Å². The van der Waals surface area contributed by atoms with Gasteiger partial charge in [0.25, 0.3) is 0 Å². The summed E-state index contributed by atoms with van der Waals surface area (Å²) in [5.74, 6) is 0.852. The molecule has 28 heavy (non-hydrogen) atoms. The molecule has 0 atom stereocenters. The van der Waals surface area contributed by atoms with E-state index in [1.54, 1.807) is 29.8 Å². The minimum absolute atomic E-state index is 0.852. The van der Waals surface area contributed by atoms with E-state index < -0.39 is 0 Å². The molecule has 0 aliphatic rings. The molecule has 0 unspecified atom stereocenters. The van der Waals surface area contributed by atoms with E-state index in [-0.39, 0.29) is 0 Å². The smallest absolute Gasteiger partial charge is 0.124 e. The number of methoxy groups -OCH3 is 1. The van der Waals surface area contributed by atoms with Crippen molar-refractivity contribution in [2.45, 2.75) is 13.8 Å². The van der Waals surface area contributed by atoms with E-state index in [1.807, 2.05) is 36.7 Å². The van der Waals surface area contributed by atoms with Gasteiger partial charge in [0, 0.05) is 23.5 Å². The summed E-state index contributed by atoms with van der Waals surface area (Å²) >= 11 is 3.45. The molecular formula is C22H17N3OS2. The fourth-order valence-electron chi connectivity index (χ4n) is 3.35. The monoisotopic (exact) mass is 403 g/mol. The zero-order chi connectivity index (χ0) is 19.3. The average Bonchev–Trinajstić information content (AvgIpc) is 3.39. The second-order valence-corrected chi connectivity index (χ2v) is 8.61. The third-order valence-corrected chi connectivity index (χ3v) is 7.36. The summed E-state index contributed by atoms with van der Waals surface area (Å²) in [6.07, 6.45) is 3.62. The second-order valence-electron chi connectivity index (χ2n) is 6.61. The molecule has 0 bridgehead atoms. The Labute approximate surface area is 170 Å². The first-order valence-electron chi connectivity index (χ1n) is 8.91. The Kier molecular flexibility index (Phi) is 4.10. The van der Waals surface area contributed by atoms with Gasteiger partial charge in [0.2, 0.25) is 0 Å². The fourth-order valence-corrected chi connectivity index (χ4v) is 5.61. The number of aryl methyl sites for hydroxylation is 2. The number of aromatic nitrogens is 3. The molecular weight excluding hydrogens is 386 g/mol. The minimum atomic E-state index is 0.852. The standard InChI is InChI=1S/C22H17N3OS2/c1-12-17-19(27-21(24-17)14-4-6-16(26-3)7-5-14)13(2)18-20(12)28-22(25-18)15-8-10-23-11-9-15/h4-11H,1-3H3. The Morgan fingerprint density at radius 1 is 0.714 bits per heavy atom. The highest BCUT2D eigenvalue weighted by Crippen LogP contribution is 2.42. The molecule has 0 saturated carbocycles. The quantitative estimate of drug-likeness (QED) is 0.357. The largest absolute Gasteiger partial charge is 0.497 e. The molecule has 0 aliphatic carbocycles. The Bertz CT molecular complexity index is 1250. The first-order chi connectivity index (χ1) is 13.7. The number of fused-ring (bicyclic) bond motifs is 2. The van der Waals surface area contributed by atoms with Gasteiger partial charge in [0.05, 0.1) is 27.5 Å². The van der Waals surface area contributed by atoms with E-state index in [9.17, 15) is 0 Å². The summed E-state index contributed by atoms with van der Waals surface area (Å²) in [5, 5.41) is 2.05. The van der Waals surface area contributed by atoms with Gasteiger partial charge in [-0.3, -0.25) is 4.98 Å². The first-order valence-corrected chi connectivity index (χ1v) is 10.5. The lowest BCUT2D eigenvalue weighted by molar-refractivity contribution is 0.415. The topological polar surface area (TPSA) is 47.9 Å². The van der Waals surface area contributed by atoms with Crippen molar-refractivity contribution in [1.82, 2.24) is 15.0 Å². The van der Waals surface area contributed by atoms with Gasteiger partial charge in [-0.15, -0.1) is 22.7 Å². The van der Waals surface area contributed by atoms with Crippen LogP contribution in [0, 0.1) is 13.8 Å². The van der Waals surface area contributed by atoms with E-state index in [2.05, 4.69) is 31.0 Å². The molecule has 5 aromatic rings. The first kappa shape index (κ1) is 17.3. The third-order valence-electron chi connectivity index (χ3n) is 4.91. The van der Waals surface area contributed by atoms with Crippen molar-refractivity contribution in [3.05, 3.63) is 59.9 Å². The number of pyridine rings is 1. The molecule has 0 spiro atoms. The Morgan fingerprint density at radius 2 is 1.21 bits per heavy atom. The van der Waals surface area contributed by atoms with Crippen LogP contribution in [-0.2, 0) is 0 Å². The molecule has 3 heterocycles. The van der Waals surface area contributed by atoms with E-state index in [0.29, 0.717) is 0 Å². The van der Waals surface area contributed by atoms with E-state index in [4.69, 9.17) is 14.7 Å². The van der Waals surface area contributed by atoms with Gasteiger partial charge in [-0.05, 0) is 61.4 Å². The summed E-state index contributed by atoms with van der Waals surface area (Å²) in [6, 6.07) is 12.1. The van der Waals surface area contributed by atoms with Crippen molar-refractivity contribution in [2.24, 2.45) is 0 Å². The molecule has 0 saturated heterocycles. The van der Waals surface area contributed by atoms with Crippen molar-refractivity contribution >= 4 is 43.1 Å². The van der Waals surface area contributed by atoms with Crippen LogP contribution in [0.5, 0.6) is 5.75 Å². The van der Waals surface area contributed by atoms with E-state index in [0.717, 1.165) is 37.9 Å². The summed E-state index contributed by atoms with van der Waals surface area (Å²) in [4.78, 5) is 14.0. The predicted octanol–water partition coefficient (Wildman–Crippen LogP) is 6.26. The Balaban J connectivity index is 1.69. The number of hydrogen-bond donors (Lipinski definition) is 0. The van der Waals surface area contributed by atoms with Gasteiger partial charge < -0.3 is 4.74 Å². The van der Waals surface area contributed by atoms with Gasteiger partial charge >= 0.3 is 0 Å². The van der Waals surface area contributed by atoms with Gasteiger partial charge in [0.1, 0.15) is 15.8 Å². The van der Waals surface area contributed by atoms with E-state index >= 15 is 0 Å². The van der Waals surface area contributed by atoms with Crippen LogP contribution in [0.2, 0.25) is 0 Å². The lowest BCUT2D eigenvalue weighted by atomic mass is 10.1. The molecule has 0 fully saturated rings. The van der Waals surface area contributed by atoms with E-state index in [1.165, 1.54) is 20.5 Å². The number of nitrogens with zero attached hydrogens (tertiary/aromatic N) is 3. The summed E-state index contributed by atoms with van der Waals surface area (Å²) in [6.45, 7) is 4.30. The maximum absolute atomic E-state index is 5.26. The zero-order valence-electron chi connectivity index (χ0n) is 15.7. The molecule has 6 heteroatoms. The molecule has 0 N–H and O–H groups in total. The SMILES string of the molecule is COc1ccc(-c2nc3c(C)c4sc(-c5ccncc5)nc4c(C)c3s2)cc1. The van der Waals surface area contributed by atoms with Crippen molar-refractivity contribution in [3.63, 3.8) is 0 Å². The van der Waals surface area contributed by atoms with Crippen LogP contribution in [0.15, 0.2) is 48.8 Å². The van der Waals surface area contributed by atoms with Crippen LogP contribution < -0.4 is 4.74 Å². The summed E-state index contributed by atoms with van der Waals surface area (Å²) < 4.78 is 7.69. The number of ether oxygens (including phenoxy) is 1. The van der Waals surface area contributed by atoms with Crippen molar-refractivity contribution in [1.29, 1.82) is 0 Å². The highest BCUT2D eigenvalue weighted by Gasteiger charge is 2.18. The number of hydrogen-bond acceptors (Lipinski definition) is 6. The average molecular weight is 404 g/mol. The third kappa shape index (κ3) is 2.68. The van der Waals surface area contributed by atoms with Crippen LogP contribution in [0.4, 0.5) is 0 Å². The van der Waals surface area contributed by atoms with Gasteiger partial charge in [-0.1, -0.05) is 0 Å². The lowest BCUT2D eigenvalue weighted by Gasteiger charge is -2.00. The Hall–Kier alpha value is -2.83. The number of benzene rings is 2. The second kappa shape index (κ2) is 6.65. The van der Waals surface area contributed by atoms with Crippen molar-refractivity contribution < 1.29 is 4.74 Å². The van der Waals surface area contributed by atoms with Crippen molar-refractivity contribution in [2.75, 3.05) is 7.11 Å². The molecule has 138 valence electrons. The normalized spacial score (nSPS) is 11.4.